The van der Waals surface area contributed by atoms with E-state index >= 15 is 0 Å². The molecule has 3 unspecified atom stereocenters. The van der Waals surface area contributed by atoms with Gasteiger partial charge in [0.2, 0.25) is 0 Å². The molecular formula is C16H32Sn2. The van der Waals surface area contributed by atoms with E-state index in [1.54, 1.807) is 32.1 Å². The fourth-order valence-electron chi connectivity index (χ4n) is 6.36. The molecule has 0 heterocycles. The molecule has 18 heavy (non-hydrogen) atoms. The normalized spacial score (nSPS) is 47.7. The van der Waals surface area contributed by atoms with Crippen LogP contribution in [0.4, 0.5) is 0 Å². The summed E-state index contributed by atoms with van der Waals surface area (Å²) in [5.74, 6) is 3.52. The van der Waals surface area contributed by atoms with Crippen molar-refractivity contribution >= 4 is 36.8 Å². The van der Waals surface area contributed by atoms with E-state index in [2.05, 4.69) is 29.6 Å². The molecule has 4 aliphatic carbocycles. The Labute approximate surface area is 122 Å². The molecule has 4 aliphatic rings. The third kappa shape index (κ3) is 2.14. The van der Waals surface area contributed by atoms with E-state index in [9.17, 15) is 0 Å². The molecule has 4 rings (SSSR count). The zero-order valence-electron chi connectivity index (χ0n) is 13.3. The van der Waals surface area contributed by atoms with Gasteiger partial charge >= 0.3 is 124 Å². The first-order valence-corrected chi connectivity index (χ1v) is 28.3. The van der Waals surface area contributed by atoms with Gasteiger partial charge < -0.3 is 0 Å². The SMILES string of the molecule is [CH3][Sn]([CH3])([CH3])[CH]1[C@@H]2CC3C[C@H]1C[C]([Sn]([CH3])([CH3])[CH3])(C3)C2. The maximum atomic E-state index is 2.73. The van der Waals surface area contributed by atoms with E-state index in [1.165, 1.54) is 15.8 Å². The van der Waals surface area contributed by atoms with Crippen LogP contribution < -0.4 is 0 Å². The number of hydrogen-bond donors (Lipinski definition) is 0. The zero-order valence-corrected chi connectivity index (χ0v) is 19.1. The van der Waals surface area contributed by atoms with Crippen LogP contribution in [0, 0.1) is 17.8 Å². The molecule has 0 aromatic carbocycles. The van der Waals surface area contributed by atoms with Gasteiger partial charge in [-0.2, -0.15) is 0 Å². The third-order valence-corrected chi connectivity index (χ3v) is 26.1. The van der Waals surface area contributed by atoms with Crippen molar-refractivity contribution in [2.24, 2.45) is 17.8 Å². The van der Waals surface area contributed by atoms with Gasteiger partial charge in [-0.05, 0) is 0 Å². The van der Waals surface area contributed by atoms with E-state index in [0.29, 0.717) is 0 Å². The van der Waals surface area contributed by atoms with Crippen molar-refractivity contribution in [3.63, 3.8) is 0 Å². The van der Waals surface area contributed by atoms with Crippen LogP contribution in [0.3, 0.4) is 0 Å². The topological polar surface area (TPSA) is 0 Å². The van der Waals surface area contributed by atoms with Gasteiger partial charge in [0.15, 0.2) is 0 Å². The first-order chi connectivity index (χ1) is 8.12. The average Bonchev–Trinajstić information content (AvgIpc) is 2.10. The molecule has 0 aliphatic heterocycles. The fraction of sp³-hybridized carbons (Fsp3) is 1.00. The van der Waals surface area contributed by atoms with Crippen LogP contribution in [0.5, 0.6) is 0 Å². The number of rotatable bonds is 2. The molecule has 0 radical (unpaired) electrons. The molecule has 4 bridgehead atoms. The summed E-state index contributed by atoms with van der Waals surface area (Å²) in [6.45, 7) is 0. The molecule has 0 aromatic rings. The Balaban J connectivity index is 1.94. The molecule has 2 heteroatoms. The average molecular weight is 462 g/mol. The molecule has 0 aromatic heterocycles. The van der Waals surface area contributed by atoms with Gasteiger partial charge in [-0.25, -0.2) is 0 Å². The summed E-state index contributed by atoms with van der Waals surface area (Å²) in [5.41, 5.74) is 0. The van der Waals surface area contributed by atoms with Crippen LogP contribution in [0.15, 0.2) is 0 Å². The molecule has 0 N–H and O–H groups in total. The summed E-state index contributed by atoms with van der Waals surface area (Å²) in [5, 5.41) is 0. The minimum atomic E-state index is -1.75. The van der Waals surface area contributed by atoms with Crippen molar-refractivity contribution < 1.29 is 0 Å². The van der Waals surface area contributed by atoms with Gasteiger partial charge in [-0.1, -0.05) is 0 Å². The second kappa shape index (κ2) is 4.30. The standard InChI is InChI=1S/C10H14.6CH3.2Sn/c1-7-2-9-4-8(1)5-10(3-7)6-9;;;;;;;;/h1,7-9H,2-6H2;6*1H3;;/t7-,8+,9?;;;;;;;;. The predicted molar refractivity (Wildman–Crippen MR) is 86.7 cm³/mol. The molecular weight excluding hydrogens is 430 g/mol. The molecule has 0 amide bonds. The molecule has 5 atom stereocenters. The van der Waals surface area contributed by atoms with Gasteiger partial charge in [0.05, 0.1) is 0 Å². The Hall–Kier alpha value is 1.60. The first-order valence-electron chi connectivity index (χ1n) is 8.12. The summed E-state index contributed by atoms with van der Waals surface area (Å²) < 4.78 is 2.18. The molecule has 4 fully saturated rings. The van der Waals surface area contributed by atoms with E-state index in [0.717, 1.165) is 9.35 Å². The second-order valence-corrected chi connectivity index (χ2v) is 41.2. The summed E-state index contributed by atoms with van der Waals surface area (Å²) in [6.07, 6.45) is 8.29. The van der Waals surface area contributed by atoms with E-state index in [-0.39, 0.29) is 0 Å². The maximum absolute atomic E-state index is 2.73. The van der Waals surface area contributed by atoms with Crippen LogP contribution in [0.1, 0.15) is 32.1 Å². The predicted octanol–water partition coefficient (Wildman–Crippen LogP) is 5.61. The summed E-state index contributed by atoms with van der Waals surface area (Å²) in [7, 11) is 0. The van der Waals surface area contributed by atoms with Crippen LogP contribution in [-0.2, 0) is 0 Å². The number of hydrogen-bond acceptors (Lipinski definition) is 0. The van der Waals surface area contributed by atoms with Crippen LogP contribution in [0.2, 0.25) is 37.0 Å². The van der Waals surface area contributed by atoms with E-state index in [4.69, 9.17) is 0 Å². The van der Waals surface area contributed by atoms with Gasteiger partial charge in [-0.15, -0.1) is 0 Å². The van der Waals surface area contributed by atoms with Crippen molar-refractivity contribution in [1.82, 2.24) is 0 Å². The molecule has 4 saturated carbocycles. The van der Waals surface area contributed by atoms with Crippen LogP contribution in [-0.4, -0.2) is 36.8 Å². The van der Waals surface area contributed by atoms with Crippen molar-refractivity contribution in [2.75, 3.05) is 0 Å². The summed E-state index contributed by atoms with van der Waals surface area (Å²) >= 11 is -3.44. The van der Waals surface area contributed by atoms with Crippen molar-refractivity contribution in [3.05, 3.63) is 0 Å². The quantitative estimate of drug-likeness (QED) is 0.469. The zero-order chi connectivity index (χ0) is 13.3. The second-order valence-electron chi connectivity index (χ2n) is 9.89. The van der Waals surface area contributed by atoms with Gasteiger partial charge in [0.25, 0.3) is 0 Å². The molecule has 0 saturated heterocycles. The van der Waals surface area contributed by atoms with Gasteiger partial charge in [0.1, 0.15) is 0 Å². The molecule has 0 spiro atoms. The Kier molecular flexibility index (Phi) is 3.47. The van der Waals surface area contributed by atoms with Crippen LogP contribution in [0.25, 0.3) is 0 Å². The fourth-order valence-corrected chi connectivity index (χ4v) is 23.4. The van der Waals surface area contributed by atoms with Crippen molar-refractivity contribution in [2.45, 2.75) is 69.1 Å². The Bertz CT molecular complexity index is 331. The summed E-state index contributed by atoms with van der Waals surface area (Å²) in [4.78, 5) is 16.4. The Morgan fingerprint density at radius 1 is 0.778 bits per heavy atom. The summed E-state index contributed by atoms with van der Waals surface area (Å²) in [6, 6.07) is 0. The van der Waals surface area contributed by atoms with Crippen LogP contribution >= 0.6 is 0 Å². The third-order valence-electron chi connectivity index (χ3n) is 6.86. The molecule has 0 nitrogen and oxygen atoms in total. The molecule has 104 valence electrons. The van der Waals surface area contributed by atoms with E-state index in [1.807, 2.05) is 0 Å². The first kappa shape index (κ1) is 14.5. The van der Waals surface area contributed by atoms with Gasteiger partial charge in [-0.3, -0.25) is 0 Å². The Morgan fingerprint density at radius 2 is 1.28 bits per heavy atom. The Morgan fingerprint density at radius 3 is 1.67 bits per heavy atom. The van der Waals surface area contributed by atoms with E-state index < -0.39 is 36.8 Å². The monoisotopic (exact) mass is 464 g/mol. The van der Waals surface area contributed by atoms with Crippen molar-refractivity contribution in [1.29, 1.82) is 0 Å². The minimum absolute atomic E-state index is 0.929. The van der Waals surface area contributed by atoms with Gasteiger partial charge in [0, 0.05) is 0 Å². The van der Waals surface area contributed by atoms with Crippen molar-refractivity contribution in [3.8, 4) is 0 Å².